The molecule has 1 aliphatic carbocycles. The van der Waals surface area contributed by atoms with Gasteiger partial charge in [-0.2, -0.15) is 0 Å². The van der Waals surface area contributed by atoms with Crippen molar-refractivity contribution in [1.82, 2.24) is 9.55 Å². The summed E-state index contributed by atoms with van der Waals surface area (Å²) in [6.45, 7) is 4.72. The molecule has 0 bridgehead atoms. The van der Waals surface area contributed by atoms with Crippen LogP contribution in [0.4, 0.5) is 0 Å². The van der Waals surface area contributed by atoms with Gasteiger partial charge in [-0.05, 0) is 31.1 Å². The third-order valence-electron chi connectivity index (χ3n) is 3.10. The van der Waals surface area contributed by atoms with Crippen LogP contribution in [0.1, 0.15) is 39.2 Å². The monoisotopic (exact) mass is 178 g/mol. The number of hydrogen-bond donors (Lipinski definition) is 0. The van der Waals surface area contributed by atoms with Gasteiger partial charge in [0, 0.05) is 18.4 Å². The molecule has 2 nitrogen and oxygen atoms in total. The van der Waals surface area contributed by atoms with E-state index in [1.54, 1.807) is 0 Å². The first-order valence-electron chi connectivity index (χ1n) is 5.23. The van der Waals surface area contributed by atoms with Crippen LogP contribution < -0.4 is 0 Å². The predicted molar refractivity (Wildman–Crippen MR) is 53.4 cm³/mol. The first kappa shape index (κ1) is 8.79. The summed E-state index contributed by atoms with van der Waals surface area (Å²) in [6.07, 6.45) is 9.96. The summed E-state index contributed by atoms with van der Waals surface area (Å²) >= 11 is 0. The minimum Gasteiger partial charge on any atom is -0.334 e. The molecular weight excluding hydrogens is 160 g/mol. The lowest BCUT2D eigenvalue weighted by Crippen LogP contribution is -2.21. The molecule has 1 aromatic rings. The normalized spacial score (nSPS) is 34.8. The van der Waals surface area contributed by atoms with E-state index in [-0.39, 0.29) is 0 Å². The molecule has 1 aromatic heterocycles. The van der Waals surface area contributed by atoms with Crippen LogP contribution in [-0.2, 0) is 0 Å². The lowest BCUT2D eigenvalue weighted by Gasteiger charge is -2.32. The molecule has 13 heavy (non-hydrogen) atoms. The summed E-state index contributed by atoms with van der Waals surface area (Å²) in [6, 6.07) is 0.696. The van der Waals surface area contributed by atoms with Crippen molar-refractivity contribution >= 4 is 0 Å². The van der Waals surface area contributed by atoms with E-state index in [1.165, 1.54) is 19.3 Å². The average molecular weight is 178 g/mol. The molecular formula is C11H18N2. The summed E-state index contributed by atoms with van der Waals surface area (Å²) in [4.78, 5) is 4.11. The molecule has 1 fully saturated rings. The highest BCUT2D eigenvalue weighted by Crippen LogP contribution is 2.35. The minimum absolute atomic E-state index is 0.696. The molecule has 1 aliphatic rings. The standard InChI is InChI=1S/C11H18N2/c1-9-5-10(2)7-11(6-9)13-4-3-12-8-13/h3-4,8-11H,5-7H2,1-2H3. The van der Waals surface area contributed by atoms with E-state index in [4.69, 9.17) is 0 Å². The van der Waals surface area contributed by atoms with Crippen molar-refractivity contribution in [3.05, 3.63) is 18.7 Å². The van der Waals surface area contributed by atoms with Crippen molar-refractivity contribution in [2.24, 2.45) is 11.8 Å². The molecule has 0 amide bonds. The summed E-state index contributed by atoms with van der Waals surface area (Å²) in [5.41, 5.74) is 0. The Balaban J connectivity index is 2.07. The molecule has 0 radical (unpaired) electrons. The molecule has 2 rings (SSSR count). The number of nitrogens with zero attached hydrogens (tertiary/aromatic N) is 2. The van der Waals surface area contributed by atoms with Gasteiger partial charge < -0.3 is 4.57 Å². The minimum atomic E-state index is 0.696. The van der Waals surface area contributed by atoms with Crippen molar-refractivity contribution in [3.63, 3.8) is 0 Å². The maximum atomic E-state index is 4.11. The first-order chi connectivity index (χ1) is 6.25. The van der Waals surface area contributed by atoms with Crippen molar-refractivity contribution < 1.29 is 0 Å². The zero-order valence-corrected chi connectivity index (χ0v) is 8.48. The van der Waals surface area contributed by atoms with Gasteiger partial charge in [0.1, 0.15) is 0 Å². The molecule has 0 aliphatic heterocycles. The second-order valence-corrected chi connectivity index (χ2v) is 4.58. The second kappa shape index (κ2) is 3.52. The van der Waals surface area contributed by atoms with Crippen LogP contribution in [0.5, 0.6) is 0 Å². The SMILES string of the molecule is CC1CC(C)CC(n2ccnc2)C1. The number of hydrogen-bond acceptors (Lipinski definition) is 1. The molecule has 1 saturated carbocycles. The maximum Gasteiger partial charge on any atom is 0.0948 e. The Labute approximate surface area is 80.0 Å². The summed E-state index contributed by atoms with van der Waals surface area (Å²) in [7, 11) is 0. The fraction of sp³-hybridized carbons (Fsp3) is 0.727. The van der Waals surface area contributed by atoms with Crippen LogP contribution in [-0.4, -0.2) is 9.55 Å². The Kier molecular flexibility index (Phi) is 2.38. The Morgan fingerprint density at radius 2 is 1.85 bits per heavy atom. The number of imidazole rings is 1. The highest BCUT2D eigenvalue weighted by molar-refractivity contribution is 4.85. The Hall–Kier alpha value is -0.790. The van der Waals surface area contributed by atoms with Crippen LogP contribution in [0.2, 0.25) is 0 Å². The largest absolute Gasteiger partial charge is 0.334 e. The summed E-state index contributed by atoms with van der Waals surface area (Å²) in [5, 5.41) is 0. The molecule has 0 N–H and O–H groups in total. The van der Waals surface area contributed by atoms with E-state index >= 15 is 0 Å². The van der Waals surface area contributed by atoms with Gasteiger partial charge >= 0.3 is 0 Å². The van der Waals surface area contributed by atoms with E-state index in [0.717, 1.165) is 11.8 Å². The second-order valence-electron chi connectivity index (χ2n) is 4.58. The zero-order valence-electron chi connectivity index (χ0n) is 8.48. The van der Waals surface area contributed by atoms with E-state index in [9.17, 15) is 0 Å². The van der Waals surface area contributed by atoms with E-state index in [2.05, 4.69) is 29.6 Å². The Morgan fingerprint density at radius 1 is 1.15 bits per heavy atom. The van der Waals surface area contributed by atoms with E-state index < -0.39 is 0 Å². The topological polar surface area (TPSA) is 17.8 Å². The molecule has 0 saturated heterocycles. The smallest absolute Gasteiger partial charge is 0.0948 e. The molecule has 1 heterocycles. The fourth-order valence-corrected chi connectivity index (χ4v) is 2.63. The van der Waals surface area contributed by atoms with Gasteiger partial charge in [0.25, 0.3) is 0 Å². The Morgan fingerprint density at radius 3 is 2.38 bits per heavy atom. The highest BCUT2D eigenvalue weighted by Gasteiger charge is 2.24. The first-order valence-corrected chi connectivity index (χ1v) is 5.23. The molecule has 0 spiro atoms. The summed E-state index contributed by atoms with van der Waals surface area (Å²) < 4.78 is 2.27. The van der Waals surface area contributed by atoms with Gasteiger partial charge in [0.2, 0.25) is 0 Å². The quantitative estimate of drug-likeness (QED) is 0.646. The van der Waals surface area contributed by atoms with Crippen LogP contribution >= 0.6 is 0 Å². The van der Waals surface area contributed by atoms with Crippen molar-refractivity contribution in [3.8, 4) is 0 Å². The number of aromatic nitrogens is 2. The average Bonchev–Trinajstić information content (AvgIpc) is 2.53. The van der Waals surface area contributed by atoms with Crippen molar-refractivity contribution in [1.29, 1.82) is 0 Å². The Bertz CT molecular complexity index is 243. The van der Waals surface area contributed by atoms with Crippen LogP contribution in [0.25, 0.3) is 0 Å². The van der Waals surface area contributed by atoms with Crippen molar-refractivity contribution in [2.45, 2.75) is 39.2 Å². The fourth-order valence-electron chi connectivity index (χ4n) is 2.63. The highest BCUT2D eigenvalue weighted by atomic mass is 15.0. The number of rotatable bonds is 1. The molecule has 2 atom stereocenters. The lowest BCUT2D eigenvalue weighted by molar-refractivity contribution is 0.221. The van der Waals surface area contributed by atoms with Gasteiger partial charge in [-0.25, -0.2) is 4.98 Å². The van der Waals surface area contributed by atoms with Gasteiger partial charge in [0.15, 0.2) is 0 Å². The maximum absolute atomic E-state index is 4.11. The van der Waals surface area contributed by atoms with E-state index in [0.29, 0.717) is 6.04 Å². The molecule has 72 valence electrons. The van der Waals surface area contributed by atoms with E-state index in [1.807, 2.05) is 12.5 Å². The van der Waals surface area contributed by atoms with Gasteiger partial charge in [-0.15, -0.1) is 0 Å². The van der Waals surface area contributed by atoms with Gasteiger partial charge in [-0.3, -0.25) is 0 Å². The third-order valence-corrected chi connectivity index (χ3v) is 3.10. The predicted octanol–water partition coefficient (Wildman–Crippen LogP) is 2.88. The molecule has 2 unspecified atom stereocenters. The van der Waals surface area contributed by atoms with Crippen LogP contribution in [0.3, 0.4) is 0 Å². The van der Waals surface area contributed by atoms with Crippen LogP contribution in [0, 0.1) is 11.8 Å². The van der Waals surface area contributed by atoms with Crippen molar-refractivity contribution in [2.75, 3.05) is 0 Å². The molecule has 0 aromatic carbocycles. The lowest BCUT2D eigenvalue weighted by atomic mass is 9.80. The zero-order chi connectivity index (χ0) is 9.26. The van der Waals surface area contributed by atoms with Gasteiger partial charge in [0.05, 0.1) is 6.33 Å². The summed E-state index contributed by atoms with van der Waals surface area (Å²) in [5.74, 6) is 1.74. The molecule has 2 heteroatoms. The van der Waals surface area contributed by atoms with Gasteiger partial charge in [-0.1, -0.05) is 13.8 Å². The third kappa shape index (κ3) is 1.93. The van der Waals surface area contributed by atoms with Crippen LogP contribution in [0.15, 0.2) is 18.7 Å².